The number of nitrogens with zero attached hydrogens (tertiary/aromatic N) is 2. The molecule has 2 amide bonds. The lowest BCUT2D eigenvalue weighted by atomic mass is 9.82. The third-order valence-corrected chi connectivity index (χ3v) is 16.8. The Labute approximate surface area is 342 Å². The number of amides is 2. The highest BCUT2D eigenvalue weighted by Crippen LogP contribution is 2.60. The normalized spacial score (nSPS) is 22.7. The van der Waals surface area contributed by atoms with Gasteiger partial charge in [-0.1, -0.05) is 49.5 Å². The van der Waals surface area contributed by atoms with Crippen molar-refractivity contribution in [2.45, 2.75) is 82.5 Å². The summed E-state index contributed by atoms with van der Waals surface area (Å²) < 4.78 is 24.1. The highest BCUT2D eigenvalue weighted by molar-refractivity contribution is 6.91. The number of fused-ring (bicyclic) bond motifs is 3. The lowest BCUT2D eigenvalue weighted by Crippen LogP contribution is -2.51. The van der Waals surface area contributed by atoms with E-state index in [1.807, 2.05) is 84.6 Å². The van der Waals surface area contributed by atoms with Gasteiger partial charge < -0.3 is 39.4 Å². The first kappa shape index (κ1) is 41.4. The fraction of sp³-hybridized carbons (Fsp3) is 0.435. The lowest BCUT2D eigenvalue weighted by molar-refractivity contribution is -0.146. The molecule has 4 aromatic carbocycles. The summed E-state index contributed by atoms with van der Waals surface area (Å²) in [5.74, 6) is 1.73. The predicted molar refractivity (Wildman–Crippen MR) is 228 cm³/mol. The van der Waals surface area contributed by atoms with Crippen molar-refractivity contribution in [3.8, 4) is 17.2 Å². The number of carbonyl (C=O) groups excluding carboxylic acids is 2. The average molecular weight is 808 g/mol. The first-order chi connectivity index (χ1) is 28.0. The number of nitrogens with one attached hydrogen (secondary N) is 1. The molecule has 0 bridgehead atoms. The maximum Gasteiger partial charge on any atom is 0.264 e. The number of unbranched alkanes of at least 4 members (excludes halogenated alkanes) is 1. The van der Waals surface area contributed by atoms with Gasteiger partial charge in [0.1, 0.15) is 17.2 Å². The van der Waals surface area contributed by atoms with Crippen LogP contribution in [0.25, 0.3) is 0 Å². The van der Waals surface area contributed by atoms with E-state index in [9.17, 15) is 15.0 Å². The van der Waals surface area contributed by atoms with E-state index in [0.29, 0.717) is 43.9 Å². The summed E-state index contributed by atoms with van der Waals surface area (Å²) >= 11 is 0. The molecule has 1 unspecified atom stereocenters. The third kappa shape index (κ3) is 7.41. The fourth-order valence-electron chi connectivity index (χ4n) is 9.67. The minimum absolute atomic E-state index is 0.00190. The third-order valence-electron chi connectivity index (χ3n) is 12.5. The molecule has 3 aliphatic rings. The van der Waals surface area contributed by atoms with Gasteiger partial charge in [-0.25, -0.2) is 0 Å². The Morgan fingerprint density at radius 2 is 1.60 bits per heavy atom. The number of rotatable bonds is 16. The van der Waals surface area contributed by atoms with Crippen molar-refractivity contribution in [1.82, 2.24) is 5.32 Å². The molecular weight excluding hydrogens is 751 g/mol. The molecule has 1 fully saturated rings. The first-order valence-corrected chi connectivity index (χ1v) is 23.6. The van der Waals surface area contributed by atoms with E-state index < -0.39 is 19.7 Å². The largest absolute Gasteiger partial charge is 0.497 e. The standard InChI is InChI=1S/C46H57N3O8Si/c1-7-56-36-16-19-40-32(26-36)27-39(47-22-8-9-23-50)44(52)49(40)33-12-10-11-31(25-33)29-48-41-20-15-35(55-4)28-38(41)46(45(48)53)30(2)43(42(57-46)21-24-51)58(5,6)37-17-13-34(54-3)14-18-37/h10-20,25-26,28,30,39,42-43,47,50-51H,7-9,21-24,27,29H2,1-6H3/t30-,39?,42+,43-,46+/m0/s1. The van der Waals surface area contributed by atoms with Gasteiger partial charge in [-0.2, -0.15) is 0 Å². The van der Waals surface area contributed by atoms with Crippen LogP contribution in [0.1, 0.15) is 49.8 Å². The SMILES string of the molecule is CCOc1ccc2c(c1)CC(NCCCCO)C(=O)N2c1cccc(CN2C(=O)[C@]3(O[C@H](CCO)[C@@H]([Si](C)(C)c4ccc(OC)cc4)[C@@H]3C)c3cc(OC)ccc32)c1. The van der Waals surface area contributed by atoms with Crippen molar-refractivity contribution in [3.05, 3.63) is 102 Å². The molecule has 0 aliphatic carbocycles. The van der Waals surface area contributed by atoms with Crippen molar-refractivity contribution in [2.75, 3.05) is 50.4 Å². The van der Waals surface area contributed by atoms with Crippen LogP contribution < -0.4 is 34.5 Å². The van der Waals surface area contributed by atoms with Crippen LogP contribution in [0.5, 0.6) is 17.2 Å². The number of benzene rings is 4. The van der Waals surface area contributed by atoms with Crippen LogP contribution in [0.15, 0.2) is 84.9 Å². The number of methoxy groups -OCH3 is 2. The Hall–Kier alpha value is -4.72. The molecular formula is C46H57N3O8Si. The Morgan fingerprint density at radius 3 is 2.31 bits per heavy atom. The van der Waals surface area contributed by atoms with E-state index >= 15 is 4.79 Å². The minimum Gasteiger partial charge on any atom is -0.497 e. The second-order valence-electron chi connectivity index (χ2n) is 16.2. The van der Waals surface area contributed by atoms with E-state index in [4.69, 9.17) is 18.9 Å². The van der Waals surface area contributed by atoms with Crippen LogP contribution in [-0.2, 0) is 32.9 Å². The quantitative estimate of drug-likeness (QED) is 0.0896. The van der Waals surface area contributed by atoms with Gasteiger partial charge in [0.2, 0.25) is 5.91 Å². The van der Waals surface area contributed by atoms with Crippen molar-refractivity contribution in [2.24, 2.45) is 5.92 Å². The Balaban J connectivity index is 1.24. The van der Waals surface area contributed by atoms with Crippen LogP contribution in [0.2, 0.25) is 18.6 Å². The maximum atomic E-state index is 15.3. The Morgan fingerprint density at radius 1 is 0.879 bits per heavy atom. The lowest BCUT2D eigenvalue weighted by Gasteiger charge is -2.37. The molecule has 12 heteroatoms. The van der Waals surface area contributed by atoms with Crippen molar-refractivity contribution >= 4 is 42.1 Å². The summed E-state index contributed by atoms with van der Waals surface area (Å²) in [5, 5.41) is 24.3. The first-order valence-electron chi connectivity index (χ1n) is 20.5. The van der Waals surface area contributed by atoms with Crippen LogP contribution in [-0.4, -0.2) is 82.8 Å². The van der Waals surface area contributed by atoms with Gasteiger partial charge in [-0.05, 0) is 116 Å². The molecule has 0 saturated carbocycles. The Kier molecular flexibility index (Phi) is 12.3. The number of carbonyl (C=O) groups is 2. The minimum atomic E-state index is -2.35. The second kappa shape index (κ2) is 17.2. The molecule has 308 valence electrons. The molecule has 7 rings (SSSR count). The maximum absolute atomic E-state index is 15.3. The average Bonchev–Trinajstić information content (AvgIpc) is 3.65. The molecule has 0 radical (unpaired) electrons. The summed E-state index contributed by atoms with van der Waals surface area (Å²) in [6.07, 6.45) is 1.99. The van der Waals surface area contributed by atoms with Crippen LogP contribution in [0.4, 0.5) is 17.1 Å². The number of hydrogen-bond acceptors (Lipinski definition) is 9. The van der Waals surface area contributed by atoms with E-state index in [2.05, 4.69) is 37.5 Å². The van der Waals surface area contributed by atoms with Gasteiger partial charge in [0.05, 0.1) is 59.0 Å². The highest BCUT2D eigenvalue weighted by Gasteiger charge is 2.66. The van der Waals surface area contributed by atoms with E-state index in [-0.39, 0.29) is 49.1 Å². The number of hydrogen-bond donors (Lipinski definition) is 3. The molecule has 1 spiro atoms. The van der Waals surface area contributed by atoms with Crippen LogP contribution >= 0.6 is 0 Å². The number of ether oxygens (including phenoxy) is 4. The number of aliphatic hydroxyl groups is 2. The monoisotopic (exact) mass is 807 g/mol. The zero-order valence-corrected chi connectivity index (χ0v) is 35.5. The molecule has 3 aliphatic heterocycles. The molecule has 3 heterocycles. The van der Waals surface area contributed by atoms with Gasteiger partial charge in [-0.15, -0.1) is 0 Å². The Bertz CT molecular complexity index is 2110. The van der Waals surface area contributed by atoms with Gasteiger partial charge in [0.15, 0.2) is 5.60 Å². The molecule has 1 saturated heterocycles. The van der Waals surface area contributed by atoms with Gasteiger partial charge >= 0.3 is 0 Å². The summed E-state index contributed by atoms with van der Waals surface area (Å²) in [6, 6.07) is 27.2. The van der Waals surface area contributed by atoms with Crippen LogP contribution in [0, 0.1) is 5.92 Å². The molecule has 0 aromatic heterocycles. The van der Waals surface area contributed by atoms with Crippen molar-refractivity contribution in [3.63, 3.8) is 0 Å². The number of aliphatic hydroxyl groups excluding tert-OH is 2. The second-order valence-corrected chi connectivity index (χ2v) is 20.8. The van der Waals surface area contributed by atoms with Crippen molar-refractivity contribution < 1.29 is 38.7 Å². The number of anilines is 3. The fourth-order valence-corrected chi connectivity index (χ4v) is 13.7. The summed E-state index contributed by atoms with van der Waals surface area (Å²) in [6.45, 7) is 10.2. The van der Waals surface area contributed by atoms with E-state index in [1.165, 1.54) is 5.19 Å². The smallest absolute Gasteiger partial charge is 0.264 e. The summed E-state index contributed by atoms with van der Waals surface area (Å²) in [5.41, 5.74) is 3.57. The summed E-state index contributed by atoms with van der Waals surface area (Å²) in [4.78, 5) is 33.2. The van der Waals surface area contributed by atoms with Gasteiger partial charge in [0, 0.05) is 30.4 Å². The summed E-state index contributed by atoms with van der Waals surface area (Å²) in [7, 11) is 0.929. The van der Waals surface area contributed by atoms with Crippen molar-refractivity contribution in [1.29, 1.82) is 0 Å². The van der Waals surface area contributed by atoms with Gasteiger partial charge in [0.25, 0.3) is 5.91 Å². The van der Waals surface area contributed by atoms with Gasteiger partial charge in [-0.3, -0.25) is 14.5 Å². The highest BCUT2D eigenvalue weighted by atomic mass is 28.3. The molecule has 5 atom stereocenters. The van der Waals surface area contributed by atoms with E-state index in [0.717, 1.165) is 46.0 Å². The molecule has 58 heavy (non-hydrogen) atoms. The molecule has 3 N–H and O–H groups in total. The zero-order valence-electron chi connectivity index (χ0n) is 34.5. The van der Waals surface area contributed by atoms with E-state index in [1.54, 1.807) is 19.1 Å². The predicted octanol–water partition coefficient (Wildman–Crippen LogP) is 6.20. The molecule has 11 nitrogen and oxygen atoms in total. The molecule has 4 aromatic rings. The zero-order chi connectivity index (χ0) is 41.2. The van der Waals surface area contributed by atoms with Crippen LogP contribution in [0.3, 0.4) is 0 Å². The topological polar surface area (TPSA) is 130 Å².